The molecule has 3 rings (SSSR count). The molecule has 3 aromatic rings. The minimum absolute atomic E-state index is 0.0508. The number of likely N-dealkylation sites (N-methyl/N-ethyl adjacent to an activating group) is 1. The van der Waals surface area contributed by atoms with Gasteiger partial charge in [-0.25, -0.2) is 4.98 Å². The van der Waals surface area contributed by atoms with Crippen LogP contribution in [0.1, 0.15) is 27.3 Å². The van der Waals surface area contributed by atoms with E-state index < -0.39 is 18.6 Å². The van der Waals surface area contributed by atoms with Crippen molar-refractivity contribution in [3.63, 3.8) is 0 Å². The van der Waals surface area contributed by atoms with Crippen molar-refractivity contribution in [2.75, 3.05) is 18.9 Å². The SMILES string of the molecule is Cc1ccc(CNC(=O)c2ccccc2NC(=O)CN(C)Cc2nccn2CC(F)(F)F)cc1. The summed E-state index contributed by atoms with van der Waals surface area (Å²) in [4.78, 5) is 30.8. The average molecular weight is 473 g/mol. The van der Waals surface area contributed by atoms with Crippen molar-refractivity contribution in [3.05, 3.63) is 83.4 Å². The molecule has 180 valence electrons. The van der Waals surface area contributed by atoms with Crippen molar-refractivity contribution in [2.45, 2.75) is 32.7 Å². The Kier molecular flexibility index (Phi) is 8.06. The van der Waals surface area contributed by atoms with Crippen molar-refractivity contribution in [2.24, 2.45) is 0 Å². The minimum Gasteiger partial charge on any atom is -0.348 e. The van der Waals surface area contributed by atoms with E-state index in [9.17, 15) is 22.8 Å². The maximum absolute atomic E-state index is 12.7. The molecule has 0 aliphatic carbocycles. The second-order valence-corrected chi connectivity index (χ2v) is 8.02. The molecule has 0 atom stereocenters. The fourth-order valence-corrected chi connectivity index (χ4v) is 3.33. The number of amides is 2. The highest BCUT2D eigenvalue weighted by Crippen LogP contribution is 2.19. The van der Waals surface area contributed by atoms with E-state index in [0.29, 0.717) is 17.8 Å². The van der Waals surface area contributed by atoms with E-state index >= 15 is 0 Å². The zero-order chi connectivity index (χ0) is 24.7. The smallest absolute Gasteiger partial charge is 0.348 e. The third-order valence-electron chi connectivity index (χ3n) is 5.00. The Labute approximate surface area is 195 Å². The first-order valence-corrected chi connectivity index (χ1v) is 10.6. The van der Waals surface area contributed by atoms with Crippen LogP contribution in [0.3, 0.4) is 0 Å². The molecule has 0 aliphatic rings. The van der Waals surface area contributed by atoms with E-state index in [-0.39, 0.29) is 24.8 Å². The van der Waals surface area contributed by atoms with E-state index in [1.54, 1.807) is 36.2 Å². The van der Waals surface area contributed by atoms with Gasteiger partial charge in [-0.2, -0.15) is 13.2 Å². The molecule has 0 saturated heterocycles. The second kappa shape index (κ2) is 11.0. The number of nitrogens with zero attached hydrogens (tertiary/aromatic N) is 3. The molecular formula is C24H26F3N5O2. The van der Waals surface area contributed by atoms with E-state index in [2.05, 4.69) is 15.6 Å². The van der Waals surface area contributed by atoms with Crippen LogP contribution < -0.4 is 10.6 Å². The average Bonchev–Trinajstić information content (AvgIpc) is 3.17. The van der Waals surface area contributed by atoms with Gasteiger partial charge in [0, 0.05) is 18.9 Å². The van der Waals surface area contributed by atoms with Crippen molar-refractivity contribution in [1.29, 1.82) is 0 Å². The summed E-state index contributed by atoms with van der Waals surface area (Å²) in [5.41, 5.74) is 2.73. The summed E-state index contributed by atoms with van der Waals surface area (Å²) < 4.78 is 39.1. The molecule has 34 heavy (non-hydrogen) atoms. The number of anilines is 1. The number of para-hydroxylation sites is 1. The van der Waals surface area contributed by atoms with E-state index in [1.807, 2.05) is 31.2 Å². The summed E-state index contributed by atoms with van der Waals surface area (Å²) in [5, 5.41) is 5.55. The van der Waals surface area contributed by atoms with Gasteiger partial charge in [-0.05, 0) is 31.7 Å². The van der Waals surface area contributed by atoms with Crippen molar-refractivity contribution < 1.29 is 22.8 Å². The van der Waals surface area contributed by atoms with Crippen LogP contribution in [0.25, 0.3) is 0 Å². The number of aromatic nitrogens is 2. The summed E-state index contributed by atoms with van der Waals surface area (Å²) >= 11 is 0. The van der Waals surface area contributed by atoms with E-state index in [1.165, 1.54) is 12.4 Å². The number of carbonyl (C=O) groups is 2. The number of halogens is 3. The van der Waals surface area contributed by atoms with Gasteiger partial charge in [-0.3, -0.25) is 14.5 Å². The topological polar surface area (TPSA) is 79.3 Å². The molecule has 10 heteroatoms. The number of nitrogens with one attached hydrogen (secondary N) is 2. The van der Waals surface area contributed by atoms with Gasteiger partial charge in [0.15, 0.2) is 0 Å². The first-order chi connectivity index (χ1) is 16.1. The third-order valence-corrected chi connectivity index (χ3v) is 5.00. The lowest BCUT2D eigenvalue weighted by atomic mass is 10.1. The van der Waals surface area contributed by atoms with Crippen molar-refractivity contribution in [1.82, 2.24) is 19.8 Å². The van der Waals surface area contributed by atoms with Crippen LogP contribution in [0.2, 0.25) is 0 Å². The fraction of sp³-hybridized carbons (Fsp3) is 0.292. The lowest BCUT2D eigenvalue weighted by Crippen LogP contribution is -2.32. The van der Waals surface area contributed by atoms with Gasteiger partial charge in [-0.1, -0.05) is 42.0 Å². The number of hydrogen-bond acceptors (Lipinski definition) is 4. The van der Waals surface area contributed by atoms with Crippen LogP contribution >= 0.6 is 0 Å². The van der Waals surface area contributed by atoms with Gasteiger partial charge >= 0.3 is 6.18 Å². The third kappa shape index (κ3) is 7.45. The highest BCUT2D eigenvalue weighted by Gasteiger charge is 2.29. The Bertz CT molecular complexity index is 1130. The summed E-state index contributed by atoms with van der Waals surface area (Å²) in [5.74, 6) is -0.544. The number of hydrogen-bond donors (Lipinski definition) is 2. The molecule has 7 nitrogen and oxygen atoms in total. The number of imidazole rings is 1. The van der Waals surface area contributed by atoms with Gasteiger partial charge in [0.05, 0.1) is 24.3 Å². The van der Waals surface area contributed by atoms with Crippen LogP contribution in [0.15, 0.2) is 60.9 Å². The first-order valence-electron chi connectivity index (χ1n) is 10.6. The van der Waals surface area contributed by atoms with E-state index in [4.69, 9.17) is 0 Å². The summed E-state index contributed by atoms with van der Waals surface area (Å²) in [6.07, 6.45) is -1.82. The normalized spacial score (nSPS) is 11.5. The molecular weight excluding hydrogens is 447 g/mol. The fourth-order valence-electron chi connectivity index (χ4n) is 3.33. The maximum atomic E-state index is 12.7. The number of aryl methyl sites for hydroxylation is 1. The number of carbonyl (C=O) groups excluding carboxylic acids is 2. The molecule has 0 fully saturated rings. The molecule has 0 saturated carbocycles. The Morgan fingerprint density at radius 2 is 1.79 bits per heavy atom. The minimum atomic E-state index is -4.37. The first kappa shape index (κ1) is 25.0. The van der Waals surface area contributed by atoms with Crippen molar-refractivity contribution in [3.8, 4) is 0 Å². The highest BCUT2D eigenvalue weighted by atomic mass is 19.4. The van der Waals surface area contributed by atoms with Crippen molar-refractivity contribution >= 4 is 17.5 Å². The zero-order valence-corrected chi connectivity index (χ0v) is 18.9. The van der Waals surface area contributed by atoms with Crippen LogP contribution in [0, 0.1) is 6.92 Å². The van der Waals surface area contributed by atoms with Gasteiger partial charge in [0.1, 0.15) is 12.4 Å². The Balaban J connectivity index is 1.57. The second-order valence-electron chi connectivity index (χ2n) is 8.02. The lowest BCUT2D eigenvalue weighted by Gasteiger charge is -2.18. The van der Waals surface area contributed by atoms with Crippen LogP contribution in [0.4, 0.5) is 18.9 Å². The maximum Gasteiger partial charge on any atom is 0.406 e. The monoisotopic (exact) mass is 473 g/mol. The predicted molar refractivity (Wildman–Crippen MR) is 122 cm³/mol. The number of rotatable bonds is 9. The molecule has 0 aliphatic heterocycles. The Morgan fingerprint density at radius 1 is 1.09 bits per heavy atom. The molecule has 0 spiro atoms. The molecule has 0 bridgehead atoms. The van der Waals surface area contributed by atoms with Gasteiger partial charge in [-0.15, -0.1) is 0 Å². The molecule has 0 radical (unpaired) electrons. The van der Waals surface area contributed by atoms with Gasteiger partial charge in [0.2, 0.25) is 5.91 Å². The molecule has 1 heterocycles. The van der Waals surface area contributed by atoms with E-state index in [0.717, 1.165) is 15.7 Å². The molecule has 2 amide bonds. The largest absolute Gasteiger partial charge is 0.406 e. The summed E-state index contributed by atoms with van der Waals surface area (Å²) in [6.45, 7) is 1.13. The van der Waals surface area contributed by atoms with Crippen LogP contribution in [-0.4, -0.2) is 46.0 Å². The summed E-state index contributed by atoms with van der Waals surface area (Å²) in [6, 6.07) is 14.4. The summed E-state index contributed by atoms with van der Waals surface area (Å²) in [7, 11) is 1.60. The molecule has 0 unspecified atom stereocenters. The quantitative estimate of drug-likeness (QED) is 0.496. The Hall–Kier alpha value is -3.66. The number of benzene rings is 2. The van der Waals surface area contributed by atoms with Crippen LogP contribution in [-0.2, 0) is 24.4 Å². The standard InChI is InChI=1S/C24H26F3N5O2/c1-17-7-9-18(10-8-17)13-29-23(34)19-5-3-4-6-20(19)30-22(33)15-31(2)14-21-28-11-12-32(21)16-24(25,26)27/h3-12H,13-16H2,1-2H3,(H,29,34)(H,30,33). The number of alkyl halides is 3. The highest BCUT2D eigenvalue weighted by molar-refractivity contribution is 6.04. The van der Waals surface area contributed by atoms with Gasteiger partial charge < -0.3 is 15.2 Å². The molecule has 2 aromatic carbocycles. The zero-order valence-electron chi connectivity index (χ0n) is 18.9. The lowest BCUT2D eigenvalue weighted by molar-refractivity contribution is -0.141. The predicted octanol–water partition coefficient (Wildman–Crippen LogP) is 3.75. The Morgan fingerprint density at radius 3 is 2.50 bits per heavy atom. The molecule has 2 N–H and O–H groups in total. The molecule has 1 aromatic heterocycles. The van der Waals surface area contributed by atoms with Gasteiger partial charge in [0.25, 0.3) is 5.91 Å². The van der Waals surface area contributed by atoms with Crippen LogP contribution in [0.5, 0.6) is 0 Å².